The van der Waals surface area contributed by atoms with Crippen molar-refractivity contribution >= 4 is 23.2 Å². The molecule has 9 nitrogen and oxygen atoms in total. The molecular weight excluding hydrogens is 473 g/mol. The van der Waals surface area contributed by atoms with Gasteiger partial charge in [-0.1, -0.05) is 0 Å². The normalized spacial score (nSPS) is 15.6. The first-order valence-electron chi connectivity index (χ1n) is 11.1. The third-order valence-electron chi connectivity index (χ3n) is 5.80. The highest BCUT2D eigenvalue weighted by molar-refractivity contribution is 6.03. The van der Waals surface area contributed by atoms with Crippen LogP contribution in [0.2, 0.25) is 0 Å². The molecule has 0 spiro atoms. The Morgan fingerprint density at radius 3 is 2.64 bits per heavy atom. The number of fused-ring (bicyclic) bond motifs is 1. The number of hydrogen-bond donors (Lipinski definition) is 2. The highest BCUT2D eigenvalue weighted by atomic mass is 19.4. The van der Waals surface area contributed by atoms with E-state index in [9.17, 15) is 18.0 Å². The Morgan fingerprint density at radius 2 is 1.92 bits per heavy atom. The molecule has 1 aliphatic rings. The third kappa shape index (κ3) is 4.69. The Kier molecular flexibility index (Phi) is 6.00. The highest BCUT2D eigenvalue weighted by Gasteiger charge is 2.32. The summed E-state index contributed by atoms with van der Waals surface area (Å²) in [6.45, 7) is 2.50. The molecule has 0 bridgehead atoms. The maximum Gasteiger partial charge on any atom is 0.417 e. The average Bonchev–Trinajstić information content (AvgIpc) is 3.34. The highest BCUT2D eigenvalue weighted by Crippen LogP contribution is 2.35. The predicted molar refractivity (Wildman–Crippen MR) is 128 cm³/mol. The zero-order chi connectivity index (χ0) is 25.3. The van der Waals surface area contributed by atoms with Crippen LogP contribution in [0.5, 0.6) is 0 Å². The van der Waals surface area contributed by atoms with Crippen molar-refractivity contribution in [2.45, 2.75) is 25.6 Å². The number of carbonyl (C=O) groups is 1. The number of carbonyl (C=O) groups excluding carboxylic acids is 1. The number of hydrogen-bond acceptors (Lipinski definition) is 6. The zero-order valence-corrected chi connectivity index (χ0v) is 19.1. The summed E-state index contributed by atoms with van der Waals surface area (Å²) >= 11 is 0. The van der Waals surface area contributed by atoms with E-state index in [1.807, 2.05) is 6.92 Å². The van der Waals surface area contributed by atoms with Crippen molar-refractivity contribution in [1.29, 1.82) is 0 Å². The number of nitrogens with zero attached hydrogens (tertiary/aromatic N) is 6. The molecule has 2 amide bonds. The van der Waals surface area contributed by atoms with E-state index < -0.39 is 17.8 Å². The smallest absolute Gasteiger partial charge is 0.382 e. The van der Waals surface area contributed by atoms with Crippen LogP contribution in [0.15, 0.2) is 67.5 Å². The first-order chi connectivity index (χ1) is 17.3. The van der Waals surface area contributed by atoms with E-state index in [4.69, 9.17) is 0 Å². The first-order valence-corrected chi connectivity index (χ1v) is 11.1. The quantitative estimate of drug-likeness (QED) is 0.416. The van der Waals surface area contributed by atoms with Gasteiger partial charge in [0.1, 0.15) is 12.7 Å². The molecule has 12 heteroatoms. The van der Waals surface area contributed by atoms with E-state index in [1.54, 1.807) is 47.4 Å². The van der Waals surface area contributed by atoms with Gasteiger partial charge in [0.15, 0.2) is 5.82 Å². The van der Waals surface area contributed by atoms with Gasteiger partial charge in [-0.25, -0.2) is 19.4 Å². The summed E-state index contributed by atoms with van der Waals surface area (Å²) in [5.41, 5.74) is 1.57. The summed E-state index contributed by atoms with van der Waals surface area (Å²) in [6.07, 6.45) is 1.21. The molecule has 0 fully saturated rings. The molecule has 4 heterocycles. The Bertz CT molecular complexity index is 1370. The molecule has 0 saturated heterocycles. The van der Waals surface area contributed by atoms with Crippen molar-refractivity contribution in [1.82, 2.24) is 24.7 Å². The lowest BCUT2D eigenvalue weighted by atomic mass is 10.1. The zero-order valence-electron chi connectivity index (χ0n) is 19.1. The minimum Gasteiger partial charge on any atom is -0.382 e. The monoisotopic (exact) mass is 494 g/mol. The lowest BCUT2D eigenvalue weighted by molar-refractivity contribution is -0.137. The molecule has 5 rings (SSSR count). The average molecular weight is 494 g/mol. The third-order valence-corrected chi connectivity index (χ3v) is 5.80. The van der Waals surface area contributed by atoms with Crippen LogP contribution in [0.3, 0.4) is 0 Å². The van der Waals surface area contributed by atoms with Gasteiger partial charge in [-0.05, 0) is 55.8 Å². The van der Waals surface area contributed by atoms with Gasteiger partial charge in [-0.15, -0.1) is 0 Å². The molecule has 0 radical (unpaired) electrons. The molecule has 2 N–H and O–H groups in total. The van der Waals surface area contributed by atoms with Gasteiger partial charge in [-0.3, -0.25) is 9.88 Å². The molecular formula is C24H21F3N8O. The second-order valence-electron chi connectivity index (χ2n) is 8.28. The summed E-state index contributed by atoms with van der Waals surface area (Å²) in [5.74, 6) is 0.326. The fourth-order valence-corrected chi connectivity index (χ4v) is 3.94. The van der Waals surface area contributed by atoms with E-state index in [0.29, 0.717) is 30.2 Å². The van der Waals surface area contributed by atoms with Gasteiger partial charge in [0, 0.05) is 36.2 Å². The van der Waals surface area contributed by atoms with Crippen LogP contribution in [0, 0.1) is 0 Å². The van der Waals surface area contributed by atoms with Gasteiger partial charge >= 0.3 is 12.2 Å². The topological polar surface area (TPSA) is 101 Å². The van der Waals surface area contributed by atoms with Crippen LogP contribution in [0.1, 0.15) is 18.9 Å². The number of anilines is 3. The lowest BCUT2D eigenvalue weighted by Gasteiger charge is -2.27. The van der Waals surface area contributed by atoms with Crippen LogP contribution in [-0.4, -0.2) is 43.4 Å². The van der Waals surface area contributed by atoms with Gasteiger partial charge < -0.3 is 10.6 Å². The number of nitrogens with one attached hydrogen (secondary N) is 2. The Labute approximate surface area is 204 Å². The number of amides is 2. The standard InChI is InChI=1S/C24H21F3N8O/c1-15-8-9-30-21-7-6-20(16-10-17(12-28-11-16)24(25,26)27)33-22(21)35(15)23(36)32-18-2-4-19(5-3-18)34-14-29-13-31-34/h2-7,10-15,30H,8-9H2,1H3,(H,32,36)/t15-/m1/s1. The largest absolute Gasteiger partial charge is 0.417 e. The first kappa shape index (κ1) is 23.3. The Morgan fingerprint density at radius 1 is 1.11 bits per heavy atom. The molecule has 3 aromatic heterocycles. The van der Waals surface area contributed by atoms with Crippen LogP contribution in [0.4, 0.5) is 35.2 Å². The van der Waals surface area contributed by atoms with Crippen LogP contribution in [0.25, 0.3) is 16.9 Å². The van der Waals surface area contributed by atoms with Crippen molar-refractivity contribution in [2.75, 3.05) is 22.1 Å². The number of aromatic nitrogens is 5. The second-order valence-corrected chi connectivity index (χ2v) is 8.28. The number of rotatable bonds is 3. The van der Waals surface area contributed by atoms with Crippen LogP contribution in [-0.2, 0) is 6.18 Å². The van der Waals surface area contributed by atoms with Gasteiger partial charge in [0.2, 0.25) is 0 Å². The van der Waals surface area contributed by atoms with Crippen molar-refractivity contribution in [3.05, 3.63) is 73.1 Å². The number of pyridine rings is 2. The van der Waals surface area contributed by atoms with Gasteiger partial charge in [0.05, 0.1) is 22.6 Å². The summed E-state index contributed by atoms with van der Waals surface area (Å²) in [6, 6.07) is 10.8. The van der Waals surface area contributed by atoms with E-state index in [0.717, 1.165) is 18.0 Å². The minimum atomic E-state index is -4.53. The number of alkyl halides is 3. The van der Waals surface area contributed by atoms with E-state index in [1.165, 1.54) is 17.4 Å². The van der Waals surface area contributed by atoms with E-state index >= 15 is 0 Å². The number of halogens is 3. The van der Waals surface area contributed by atoms with E-state index in [-0.39, 0.29) is 17.3 Å². The summed E-state index contributed by atoms with van der Waals surface area (Å²) in [4.78, 5) is 27.2. The summed E-state index contributed by atoms with van der Waals surface area (Å²) in [7, 11) is 0. The van der Waals surface area contributed by atoms with Crippen molar-refractivity contribution in [3.63, 3.8) is 0 Å². The van der Waals surface area contributed by atoms with Crippen molar-refractivity contribution in [3.8, 4) is 16.9 Å². The molecule has 4 aromatic rings. The maximum atomic E-state index is 13.4. The maximum absolute atomic E-state index is 13.4. The Hall–Kier alpha value is -4.48. The molecule has 0 saturated carbocycles. The van der Waals surface area contributed by atoms with Crippen molar-refractivity contribution < 1.29 is 18.0 Å². The Balaban J connectivity index is 1.45. The summed E-state index contributed by atoms with van der Waals surface area (Å²) < 4.78 is 41.2. The van der Waals surface area contributed by atoms with Gasteiger partial charge in [-0.2, -0.15) is 18.3 Å². The summed E-state index contributed by atoms with van der Waals surface area (Å²) in [5, 5.41) is 10.2. The molecule has 184 valence electrons. The lowest BCUT2D eigenvalue weighted by Crippen LogP contribution is -2.42. The number of urea groups is 1. The molecule has 1 atom stereocenters. The van der Waals surface area contributed by atoms with Crippen molar-refractivity contribution in [2.24, 2.45) is 0 Å². The predicted octanol–water partition coefficient (Wildman–Crippen LogP) is 4.99. The fourth-order valence-electron chi connectivity index (χ4n) is 3.94. The molecule has 0 unspecified atom stereocenters. The molecule has 36 heavy (non-hydrogen) atoms. The minimum absolute atomic E-state index is 0.202. The second kappa shape index (κ2) is 9.29. The fraction of sp³-hybridized carbons (Fsp3) is 0.208. The molecule has 0 aliphatic carbocycles. The number of benzene rings is 1. The SMILES string of the molecule is C[C@@H]1CCNc2ccc(-c3cncc(C(F)(F)F)c3)nc2N1C(=O)Nc1ccc(-n2cncn2)cc1. The molecule has 1 aromatic carbocycles. The van der Waals surface area contributed by atoms with Gasteiger partial charge in [0.25, 0.3) is 0 Å². The van der Waals surface area contributed by atoms with Crippen LogP contribution < -0.4 is 15.5 Å². The van der Waals surface area contributed by atoms with Crippen LogP contribution >= 0.6 is 0 Å². The molecule has 1 aliphatic heterocycles. The van der Waals surface area contributed by atoms with E-state index in [2.05, 4.69) is 30.7 Å².